The van der Waals surface area contributed by atoms with Crippen LogP contribution in [0.4, 0.5) is 5.82 Å². The molecule has 0 saturated carbocycles. The van der Waals surface area contributed by atoms with Crippen molar-refractivity contribution in [2.45, 2.75) is 12.5 Å². The van der Waals surface area contributed by atoms with Gasteiger partial charge in [-0.15, -0.1) is 0 Å². The van der Waals surface area contributed by atoms with Gasteiger partial charge in [-0.1, -0.05) is 12.1 Å². The number of fused-ring (bicyclic) bond motifs is 1. The Morgan fingerprint density at radius 2 is 2.14 bits per heavy atom. The van der Waals surface area contributed by atoms with Gasteiger partial charge in [-0.05, 0) is 12.1 Å². The molecule has 6 nitrogen and oxygen atoms in total. The molecule has 21 heavy (non-hydrogen) atoms. The van der Waals surface area contributed by atoms with Crippen molar-refractivity contribution >= 4 is 22.6 Å². The number of aliphatic carboxylic acids is 1. The molecule has 1 heterocycles. The van der Waals surface area contributed by atoms with E-state index in [2.05, 4.69) is 10.3 Å². The van der Waals surface area contributed by atoms with Crippen LogP contribution >= 0.6 is 0 Å². The van der Waals surface area contributed by atoms with Gasteiger partial charge in [0.25, 0.3) is 0 Å². The molecule has 0 spiro atoms. The first kappa shape index (κ1) is 15.1. The second kappa shape index (κ2) is 6.90. The van der Waals surface area contributed by atoms with E-state index in [9.17, 15) is 9.90 Å². The summed E-state index contributed by atoms with van der Waals surface area (Å²) in [6.45, 7) is 0.359. The van der Waals surface area contributed by atoms with Crippen LogP contribution in [-0.2, 0) is 9.53 Å². The van der Waals surface area contributed by atoms with Gasteiger partial charge >= 0.3 is 5.97 Å². The largest absolute Gasteiger partial charge is 0.496 e. The van der Waals surface area contributed by atoms with Gasteiger partial charge in [-0.2, -0.15) is 0 Å². The van der Waals surface area contributed by atoms with E-state index < -0.39 is 12.0 Å². The summed E-state index contributed by atoms with van der Waals surface area (Å²) in [6, 6.07) is 6.66. The zero-order chi connectivity index (χ0) is 15.2. The van der Waals surface area contributed by atoms with E-state index in [4.69, 9.17) is 9.47 Å². The van der Waals surface area contributed by atoms with Gasteiger partial charge in [0.05, 0.1) is 7.11 Å². The number of rotatable bonds is 7. The molecule has 2 N–H and O–H groups in total. The Labute approximate surface area is 122 Å². The van der Waals surface area contributed by atoms with Crippen LogP contribution in [0, 0.1) is 0 Å². The van der Waals surface area contributed by atoms with E-state index in [1.54, 1.807) is 20.4 Å². The third kappa shape index (κ3) is 3.41. The van der Waals surface area contributed by atoms with Crippen molar-refractivity contribution in [3.05, 3.63) is 30.5 Å². The van der Waals surface area contributed by atoms with Crippen molar-refractivity contribution in [3.8, 4) is 5.75 Å². The number of carboxylic acid groups (broad SMARTS) is 1. The molecule has 0 bridgehead atoms. The minimum Gasteiger partial charge on any atom is -0.496 e. The zero-order valence-corrected chi connectivity index (χ0v) is 12.0. The topological polar surface area (TPSA) is 80.7 Å². The van der Waals surface area contributed by atoms with Gasteiger partial charge in [-0.3, -0.25) is 0 Å². The molecular weight excluding hydrogens is 272 g/mol. The van der Waals surface area contributed by atoms with Crippen LogP contribution in [0.1, 0.15) is 6.42 Å². The third-order valence-corrected chi connectivity index (χ3v) is 3.21. The molecule has 1 atom stereocenters. The van der Waals surface area contributed by atoms with Crippen LogP contribution in [-0.4, -0.2) is 42.9 Å². The highest BCUT2D eigenvalue weighted by Gasteiger charge is 2.18. The number of nitrogens with one attached hydrogen (secondary N) is 1. The maximum atomic E-state index is 11.3. The van der Waals surface area contributed by atoms with Crippen LogP contribution in [0.15, 0.2) is 30.5 Å². The van der Waals surface area contributed by atoms with Crippen molar-refractivity contribution in [1.82, 2.24) is 4.98 Å². The molecule has 0 radical (unpaired) electrons. The van der Waals surface area contributed by atoms with Gasteiger partial charge in [0.2, 0.25) is 0 Å². The van der Waals surface area contributed by atoms with Crippen molar-refractivity contribution in [3.63, 3.8) is 0 Å². The van der Waals surface area contributed by atoms with Gasteiger partial charge in [0.15, 0.2) is 0 Å². The average molecular weight is 290 g/mol. The number of methoxy groups -OCH3 is 2. The number of nitrogens with zero attached hydrogens (tertiary/aromatic N) is 1. The summed E-state index contributed by atoms with van der Waals surface area (Å²) in [5.74, 6) is 0.311. The maximum Gasteiger partial charge on any atom is 0.326 e. The van der Waals surface area contributed by atoms with Gasteiger partial charge in [0, 0.05) is 37.1 Å². The molecule has 2 rings (SSSR count). The molecule has 1 aromatic heterocycles. The summed E-state index contributed by atoms with van der Waals surface area (Å²) in [7, 11) is 3.14. The van der Waals surface area contributed by atoms with Crippen molar-refractivity contribution < 1.29 is 19.4 Å². The normalized spacial score (nSPS) is 12.1. The zero-order valence-electron chi connectivity index (χ0n) is 12.0. The number of carboxylic acids is 1. The number of hydrogen-bond acceptors (Lipinski definition) is 5. The van der Waals surface area contributed by atoms with Gasteiger partial charge < -0.3 is 19.9 Å². The first-order valence-electron chi connectivity index (χ1n) is 6.57. The maximum absolute atomic E-state index is 11.3. The minimum atomic E-state index is -0.936. The number of ether oxygens (including phenoxy) is 2. The van der Waals surface area contributed by atoms with E-state index in [0.29, 0.717) is 18.8 Å². The number of pyridine rings is 1. The molecule has 1 aromatic carbocycles. The molecule has 0 aliphatic heterocycles. The number of hydrogen-bond donors (Lipinski definition) is 2. The lowest BCUT2D eigenvalue weighted by Gasteiger charge is -2.16. The number of carbonyl (C=O) groups is 1. The first-order valence-corrected chi connectivity index (χ1v) is 6.57. The van der Waals surface area contributed by atoms with Crippen molar-refractivity contribution in [1.29, 1.82) is 0 Å². The number of anilines is 1. The van der Waals surface area contributed by atoms with Crippen LogP contribution in [0.2, 0.25) is 0 Å². The second-order valence-electron chi connectivity index (χ2n) is 4.53. The fourth-order valence-corrected chi connectivity index (χ4v) is 2.13. The molecular formula is C15H18N2O4. The molecule has 0 aliphatic rings. The summed E-state index contributed by atoms with van der Waals surface area (Å²) in [5.41, 5.74) is 0. The highest BCUT2D eigenvalue weighted by atomic mass is 16.5. The fraction of sp³-hybridized carbons (Fsp3) is 0.333. The monoisotopic (exact) mass is 290 g/mol. The molecule has 1 unspecified atom stereocenters. The van der Waals surface area contributed by atoms with Crippen LogP contribution < -0.4 is 10.1 Å². The lowest BCUT2D eigenvalue weighted by molar-refractivity contribution is -0.138. The SMILES string of the molecule is COCCC(Nc1nccc2c(OC)cccc12)C(=O)O. The van der Waals surface area contributed by atoms with Gasteiger partial charge in [-0.25, -0.2) is 9.78 Å². The first-order chi connectivity index (χ1) is 10.2. The quantitative estimate of drug-likeness (QED) is 0.813. The molecule has 0 saturated heterocycles. The summed E-state index contributed by atoms with van der Waals surface area (Å²) >= 11 is 0. The second-order valence-corrected chi connectivity index (χ2v) is 4.53. The van der Waals surface area contributed by atoms with Crippen LogP contribution in [0.3, 0.4) is 0 Å². The Hall–Kier alpha value is -2.34. The van der Waals surface area contributed by atoms with Crippen LogP contribution in [0.25, 0.3) is 10.8 Å². The lowest BCUT2D eigenvalue weighted by Crippen LogP contribution is -2.30. The number of benzene rings is 1. The average Bonchev–Trinajstić information content (AvgIpc) is 2.50. The van der Waals surface area contributed by atoms with E-state index in [-0.39, 0.29) is 0 Å². The Balaban J connectivity index is 2.35. The molecule has 6 heteroatoms. The molecule has 2 aromatic rings. The Bertz CT molecular complexity index is 630. The third-order valence-electron chi connectivity index (χ3n) is 3.21. The van der Waals surface area contributed by atoms with Gasteiger partial charge in [0.1, 0.15) is 17.6 Å². The Morgan fingerprint density at radius 1 is 1.33 bits per heavy atom. The molecule has 0 fully saturated rings. The van der Waals surface area contributed by atoms with E-state index in [1.165, 1.54) is 0 Å². The van der Waals surface area contributed by atoms with Crippen LogP contribution in [0.5, 0.6) is 5.75 Å². The minimum absolute atomic E-state index is 0.355. The molecule has 112 valence electrons. The van der Waals surface area contributed by atoms with E-state index in [0.717, 1.165) is 16.5 Å². The lowest BCUT2D eigenvalue weighted by atomic mass is 10.1. The molecule has 0 amide bonds. The van der Waals surface area contributed by atoms with Crippen molar-refractivity contribution in [2.24, 2.45) is 0 Å². The smallest absolute Gasteiger partial charge is 0.326 e. The summed E-state index contributed by atoms with van der Waals surface area (Å²) in [4.78, 5) is 15.5. The predicted octanol–water partition coefficient (Wildman–Crippen LogP) is 2.14. The van der Waals surface area contributed by atoms with Crippen molar-refractivity contribution in [2.75, 3.05) is 26.1 Å². The fourth-order valence-electron chi connectivity index (χ4n) is 2.13. The Kier molecular flexibility index (Phi) is 4.94. The summed E-state index contributed by atoms with van der Waals surface area (Å²) in [6.07, 6.45) is 1.98. The summed E-state index contributed by atoms with van der Waals surface area (Å²) in [5, 5.41) is 13.9. The Morgan fingerprint density at radius 3 is 2.81 bits per heavy atom. The standard InChI is InChI=1S/C15H18N2O4/c1-20-9-7-12(15(18)19)17-14-11-4-3-5-13(21-2)10(11)6-8-16-14/h3-6,8,12H,7,9H2,1-2H3,(H,16,17)(H,18,19). The highest BCUT2D eigenvalue weighted by Crippen LogP contribution is 2.29. The molecule has 0 aliphatic carbocycles. The highest BCUT2D eigenvalue weighted by molar-refractivity contribution is 5.96. The number of aromatic nitrogens is 1. The van der Waals surface area contributed by atoms with E-state index in [1.807, 2.05) is 24.3 Å². The van der Waals surface area contributed by atoms with E-state index >= 15 is 0 Å². The summed E-state index contributed by atoms with van der Waals surface area (Å²) < 4.78 is 10.2. The predicted molar refractivity (Wildman–Crippen MR) is 79.8 cm³/mol.